The van der Waals surface area contributed by atoms with Crippen molar-refractivity contribution in [2.24, 2.45) is 0 Å². The van der Waals surface area contributed by atoms with Crippen LogP contribution in [0.4, 0.5) is 4.79 Å². The van der Waals surface area contributed by atoms with Crippen LogP contribution in [0.2, 0.25) is 0 Å². The predicted octanol–water partition coefficient (Wildman–Crippen LogP) is 15.9. The highest BCUT2D eigenvalue weighted by Crippen LogP contribution is 2.19. The molecule has 0 aromatic heterocycles. The molecule has 0 aromatic rings. The van der Waals surface area contributed by atoms with Gasteiger partial charge in [-0.05, 0) is 136 Å². The third kappa shape index (κ3) is 39.6. The lowest BCUT2D eigenvalue weighted by molar-refractivity contribution is 0.0515. The fraction of sp³-hybridized carbons (Fsp3) is 0.780. The van der Waals surface area contributed by atoms with Crippen LogP contribution in [0.3, 0.4) is 0 Å². The maximum atomic E-state index is 13.5. The van der Waals surface area contributed by atoms with Gasteiger partial charge in [0.05, 0.1) is 0 Å². The summed E-state index contributed by atoms with van der Waals surface area (Å²) >= 11 is 0. The molecule has 0 saturated carbocycles. The zero-order chi connectivity index (χ0) is 39.4. The highest BCUT2D eigenvalue weighted by molar-refractivity contribution is 5.67. The van der Waals surface area contributed by atoms with E-state index in [9.17, 15) is 4.79 Å². The average molecular weight is 753 g/mol. The van der Waals surface area contributed by atoms with Gasteiger partial charge in [0.25, 0.3) is 0 Å². The molecule has 0 N–H and O–H groups in total. The molecule has 0 bridgehead atoms. The van der Waals surface area contributed by atoms with Crippen LogP contribution in [0.25, 0.3) is 0 Å². The van der Waals surface area contributed by atoms with Crippen LogP contribution in [0.5, 0.6) is 0 Å². The Bertz CT molecular complexity index is 918. The quantitative estimate of drug-likeness (QED) is 0.0461. The summed E-state index contributed by atoms with van der Waals surface area (Å²) in [5.74, 6) is 0. The van der Waals surface area contributed by atoms with Crippen LogP contribution in [0.1, 0.15) is 213 Å². The topological polar surface area (TPSA) is 32.8 Å². The summed E-state index contributed by atoms with van der Waals surface area (Å²) in [5.41, 5.74) is 0. The van der Waals surface area contributed by atoms with Gasteiger partial charge in [-0.25, -0.2) is 4.79 Å². The lowest BCUT2D eigenvalue weighted by atomic mass is 10.0. The van der Waals surface area contributed by atoms with Gasteiger partial charge in [0, 0.05) is 13.1 Å². The Morgan fingerprint density at radius 2 is 0.833 bits per heavy atom. The molecule has 0 aliphatic rings. The molecule has 54 heavy (non-hydrogen) atoms. The number of unbranched alkanes of at least 4 members (excludes halogenated alkanes) is 19. The third-order valence-corrected chi connectivity index (χ3v) is 10.2. The van der Waals surface area contributed by atoms with E-state index in [2.05, 4.69) is 101 Å². The first-order valence-electron chi connectivity index (χ1n) is 23.4. The minimum atomic E-state index is -0.0853. The van der Waals surface area contributed by atoms with Gasteiger partial charge in [-0.15, -0.1) is 0 Å². The molecule has 1 unspecified atom stereocenters. The van der Waals surface area contributed by atoms with Crippen molar-refractivity contribution in [2.75, 3.05) is 33.7 Å². The smallest absolute Gasteiger partial charge is 0.410 e. The standard InChI is InChI=1S/C50H92N2O2/c1-6-9-12-15-17-19-21-23-25-26-28-30-32-34-36-38-41-45-49(44-40-37-35-33-31-29-27-24-22-20-18-16-13-10-7-2)54-50(53)52(48-43-46-51(4)5)47-42-39-14-11-8-3/h11,14,17-20,23-25,27,49H,6-10,12-13,15-16,21-22,26,28-48H2,1-5H3/b14-11-,19-17?,20-18-,25-23?,27-24?. The number of carbonyl (C=O) groups is 1. The van der Waals surface area contributed by atoms with Crippen molar-refractivity contribution >= 4 is 6.09 Å². The Kier molecular flexibility index (Phi) is 42.0. The number of ether oxygens (including phenoxy) is 1. The molecule has 0 heterocycles. The SMILES string of the molecule is CC/C=C\CCCN(CCCN(C)C)C(=O)OC(CCCCCCCC=CC/C=C\CCCCC)CCCCCCCCCC=CCC=CCCCCC. The Morgan fingerprint density at radius 1 is 0.444 bits per heavy atom. The van der Waals surface area contributed by atoms with E-state index in [0.717, 1.165) is 83.8 Å². The van der Waals surface area contributed by atoms with E-state index >= 15 is 0 Å². The Morgan fingerprint density at radius 3 is 1.28 bits per heavy atom. The van der Waals surface area contributed by atoms with E-state index < -0.39 is 0 Å². The molecule has 0 saturated heterocycles. The van der Waals surface area contributed by atoms with Crippen LogP contribution in [-0.2, 0) is 4.74 Å². The van der Waals surface area contributed by atoms with Crippen molar-refractivity contribution in [2.45, 2.75) is 219 Å². The number of amides is 1. The summed E-state index contributed by atoms with van der Waals surface area (Å²) in [7, 11) is 4.21. The van der Waals surface area contributed by atoms with Gasteiger partial charge in [0.2, 0.25) is 0 Å². The van der Waals surface area contributed by atoms with E-state index in [1.807, 2.05) is 4.90 Å². The second kappa shape index (κ2) is 43.7. The lowest BCUT2D eigenvalue weighted by Gasteiger charge is -2.26. The van der Waals surface area contributed by atoms with Gasteiger partial charge in [-0.3, -0.25) is 0 Å². The second-order valence-corrected chi connectivity index (χ2v) is 15.9. The molecule has 0 radical (unpaired) electrons. The van der Waals surface area contributed by atoms with Gasteiger partial charge in [0.15, 0.2) is 0 Å². The fourth-order valence-corrected chi connectivity index (χ4v) is 6.76. The molecule has 0 fully saturated rings. The molecule has 0 spiro atoms. The summed E-state index contributed by atoms with van der Waals surface area (Å²) in [6.07, 6.45) is 59.5. The minimum absolute atomic E-state index is 0.0461. The lowest BCUT2D eigenvalue weighted by Crippen LogP contribution is -2.37. The second-order valence-electron chi connectivity index (χ2n) is 15.9. The zero-order valence-corrected chi connectivity index (χ0v) is 36.9. The number of hydrogen-bond acceptors (Lipinski definition) is 3. The predicted molar refractivity (Wildman–Crippen MR) is 242 cm³/mol. The highest BCUT2D eigenvalue weighted by Gasteiger charge is 2.20. The van der Waals surface area contributed by atoms with E-state index in [1.165, 1.54) is 128 Å². The van der Waals surface area contributed by atoms with E-state index in [0.29, 0.717) is 0 Å². The zero-order valence-electron chi connectivity index (χ0n) is 36.9. The molecule has 0 aromatic carbocycles. The van der Waals surface area contributed by atoms with Crippen LogP contribution >= 0.6 is 0 Å². The largest absolute Gasteiger partial charge is 0.446 e. The first-order chi connectivity index (χ1) is 26.5. The maximum absolute atomic E-state index is 13.5. The monoisotopic (exact) mass is 753 g/mol. The first kappa shape index (κ1) is 51.9. The van der Waals surface area contributed by atoms with Crippen LogP contribution in [-0.4, -0.2) is 55.7 Å². The van der Waals surface area contributed by atoms with Gasteiger partial charge >= 0.3 is 6.09 Å². The summed E-state index contributed by atoms with van der Waals surface area (Å²) in [5, 5.41) is 0. The third-order valence-electron chi connectivity index (χ3n) is 10.2. The van der Waals surface area contributed by atoms with Crippen molar-refractivity contribution in [3.05, 3.63) is 60.8 Å². The van der Waals surface area contributed by atoms with Crippen LogP contribution in [0, 0.1) is 0 Å². The number of carbonyl (C=O) groups excluding carboxylic acids is 1. The molecule has 0 aliphatic carbocycles. The molecule has 314 valence electrons. The van der Waals surface area contributed by atoms with Crippen molar-refractivity contribution in [1.82, 2.24) is 9.80 Å². The van der Waals surface area contributed by atoms with Crippen molar-refractivity contribution in [3.8, 4) is 0 Å². The minimum Gasteiger partial charge on any atom is -0.446 e. The molecule has 0 rings (SSSR count). The number of nitrogens with zero attached hydrogens (tertiary/aromatic N) is 2. The molecular weight excluding hydrogens is 661 g/mol. The molecule has 1 amide bonds. The Labute approximate surface area is 338 Å². The molecular formula is C50H92N2O2. The van der Waals surface area contributed by atoms with E-state index in [4.69, 9.17) is 4.74 Å². The van der Waals surface area contributed by atoms with Crippen LogP contribution in [0.15, 0.2) is 60.8 Å². The number of rotatable bonds is 40. The van der Waals surface area contributed by atoms with Crippen LogP contribution < -0.4 is 0 Å². The average Bonchev–Trinajstić information content (AvgIpc) is 3.16. The summed E-state index contributed by atoms with van der Waals surface area (Å²) in [6.45, 7) is 9.24. The summed E-state index contributed by atoms with van der Waals surface area (Å²) in [6, 6.07) is 0. The Balaban J connectivity index is 4.62. The van der Waals surface area contributed by atoms with Gasteiger partial charge in [0.1, 0.15) is 6.10 Å². The van der Waals surface area contributed by atoms with E-state index in [-0.39, 0.29) is 12.2 Å². The summed E-state index contributed by atoms with van der Waals surface area (Å²) in [4.78, 5) is 17.7. The Hall–Kier alpha value is -2.07. The number of hydrogen-bond donors (Lipinski definition) is 0. The van der Waals surface area contributed by atoms with Gasteiger partial charge < -0.3 is 14.5 Å². The first-order valence-corrected chi connectivity index (χ1v) is 23.4. The highest BCUT2D eigenvalue weighted by atomic mass is 16.6. The normalized spacial score (nSPS) is 12.9. The van der Waals surface area contributed by atoms with E-state index in [1.54, 1.807) is 0 Å². The molecule has 1 atom stereocenters. The maximum Gasteiger partial charge on any atom is 0.410 e. The molecule has 4 nitrogen and oxygen atoms in total. The van der Waals surface area contributed by atoms with Crippen molar-refractivity contribution in [1.29, 1.82) is 0 Å². The van der Waals surface area contributed by atoms with Crippen molar-refractivity contribution in [3.63, 3.8) is 0 Å². The molecule has 0 aliphatic heterocycles. The summed E-state index contributed by atoms with van der Waals surface area (Å²) < 4.78 is 6.33. The van der Waals surface area contributed by atoms with Gasteiger partial charge in [-0.1, -0.05) is 159 Å². The van der Waals surface area contributed by atoms with Gasteiger partial charge in [-0.2, -0.15) is 0 Å². The fourth-order valence-electron chi connectivity index (χ4n) is 6.76. The van der Waals surface area contributed by atoms with Crippen molar-refractivity contribution < 1.29 is 9.53 Å². The number of allylic oxidation sites excluding steroid dienone is 10. The molecule has 4 heteroatoms.